The van der Waals surface area contributed by atoms with Gasteiger partial charge in [-0.1, -0.05) is 0 Å². The number of anilines is 1. The van der Waals surface area contributed by atoms with Gasteiger partial charge in [0.25, 0.3) is 11.6 Å². The highest BCUT2D eigenvalue weighted by Gasteiger charge is 2.17. The van der Waals surface area contributed by atoms with Gasteiger partial charge in [-0.05, 0) is 32.9 Å². The fourth-order valence-electron chi connectivity index (χ4n) is 1.57. The number of carbonyl (C=O) groups excluding carboxylic acids is 2. The largest absolute Gasteiger partial charge is 0.393 e. The van der Waals surface area contributed by atoms with Crippen LogP contribution in [-0.2, 0) is 4.79 Å². The smallest absolute Gasteiger partial charge is 0.292 e. The summed E-state index contributed by atoms with van der Waals surface area (Å²) in [6, 6.07) is 3.72. The zero-order valence-electron chi connectivity index (χ0n) is 12.1. The van der Waals surface area contributed by atoms with Gasteiger partial charge >= 0.3 is 0 Å². The average molecular weight is 294 g/mol. The minimum absolute atomic E-state index is 0.0259. The van der Waals surface area contributed by atoms with Crippen LogP contribution in [0.5, 0.6) is 0 Å². The highest BCUT2D eigenvalue weighted by atomic mass is 16.6. The third-order valence-electron chi connectivity index (χ3n) is 2.41. The monoisotopic (exact) mass is 294 g/mol. The Morgan fingerprint density at radius 1 is 1.33 bits per heavy atom. The summed E-state index contributed by atoms with van der Waals surface area (Å²) in [5.74, 6) is -0.928. The quantitative estimate of drug-likeness (QED) is 0.430. The maximum absolute atomic E-state index is 11.8. The van der Waals surface area contributed by atoms with Gasteiger partial charge in [0.1, 0.15) is 5.69 Å². The molecule has 8 nitrogen and oxygen atoms in total. The van der Waals surface area contributed by atoms with E-state index < -0.39 is 16.4 Å². The van der Waals surface area contributed by atoms with E-state index in [0.29, 0.717) is 0 Å². The molecule has 2 amide bonds. The van der Waals surface area contributed by atoms with Gasteiger partial charge in [0.2, 0.25) is 5.91 Å². The summed E-state index contributed by atoms with van der Waals surface area (Å²) >= 11 is 0. The Morgan fingerprint density at radius 3 is 2.48 bits per heavy atom. The maximum atomic E-state index is 11.8. The normalized spacial score (nSPS) is 10.8. The van der Waals surface area contributed by atoms with Gasteiger partial charge in [0, 0.05) is 17.2 Å². The molecule has 0 saturated heterocycles. The molecule has 0 heterocycles. The molecule has 0 fully saturated rings. The molecule has 0 atom stereocenters. The first kappa shape index (κ1) is 16.4. The number of nitro benzene ring substituents is 1. The lowest BCUT2D eigenvalue weighted by molar-refractivity contribution is -0.383. The molecule has 114 valence electrons. The fraction of sp³-hybridized carbons (Fsp3) is 0.385. The maximum Gasteiger partial charge on any atom is 0.292 e. The number of hydrogen-bond acceptors (Lipinski definition) is 5. The van der Waals surface area contributed by atoms with Crippen LogP contribution in [0.15, 0.2) is 18.2 Å². The van der Waals surface area contributed by atoms with Gasteiger partial charge in [0.05, 0.1) is 11.5 Å². The van der Waals surface area contributed by atoms with Gasteiger partial charge in [-0.2, -0.15) is 0 Å². The number of nitrogen functional groups attached to an aromatic ring is 1. The second-order valence-electron chi connectivity index (χ2n) is 5.51. The van der Waals surface area contributed by atoms with Crippen LogP contribution in [0.2, 0.25) is 0 Å². The molecular formula is C13H18N4O4. The topological polar surface area (TPSA) is 127 Å². The van der Waals surface area contributed by atoms with E-state index in [-0.39, 0.29) is 29.4 Å². The highest BCUT2D eigenvalue weighted by Crippen LogP contribution is 2.22. The molecule has 1 aromatic carbocycles. The molecule has 21 heavy (non-hydrogen) atoms. The molecule has 0 spiro atoms. The minimum atomic E-state index is -0.668. The van der Waals surface area contributed by atoms with Crippen LogP contribution in [0.3, 0.4) is 0 Å². The van der Waals surface area contributed by atoms with E-state index in [1.807, 2.05) is 20.8 Å². The number of hydrogen-bond donors (Lipinski definition) is 3. The molecule has 0 aliphatic rings. The van der Waals surface area contributed by atoms with Crippen molar-refractivity contribution in [2.24, 2.45) is 0 Å². The van der Waals surface area contributed by atoms with Crippen molar-refractivity contribution >= 4 is 23.2 Å². The molecule has 0 bridgehead atoms. The first-order valence-corrected chi connectivity index (χ1v) is 6.23. The van der Waals surface area contributed by atoms with Crippen LogP contribution in [0, 0.1) is 10.1 Å². The van der Waals surface area contributed by atoms with E-state index in [1.165, 1.54) is 12.1 Å². The van der Waals surface area contributed by atoms with Crippen molar-refractivity contribution < 1.29 is 14.5 Å². The molecule has 1 rings (SSSR count). The molecule has 1 aromatic rings. The molecule has 0 aromatic heterocycles. The standard InChI is InChI=1S/C13H18N4O4/c1-13(2,3)16-11(18)7-15-12(19)8-4-5-9(14)10(6-8)17(20)21/h4-6H,7,14H2,1-3H3,(H,15,19)(H,16,18). The second-order valence-corrected chi connectivity index (χ2v) is 5.51. The summed E-state index contributed by atoms with van der Waals surface area (Å²) in [6.07, 6.45) is 0. The Labute approximate surface area is 121 Å². The van der Waals surface area contributed by atoms with Crippen molar-refractivity contribution in [3.63, 3.8) is 0 Å². The predicted octanol–water partition coefficient (Wildman–Crippen LogP) is 0.821. The van der Waals surface area contributed by atoms with Crippen molar-refractivity contribution in [3.8, 4) is 0 Å². The Balaban J connectivity index is 2.71. The van der Waals surface area contributed by atoms with Crippen LogP contribution in [0.4, 0.5) is 11.4 Å². The molecular weight excluding hydrogens is 276 g/mol. The van der Waals surface area contributed by atoms with E-state index in [1.54, 1.807) is 0 Å². The van der Waals surface area contributed by atoms with Crippen molar-refractivity contribution in [3.05, 3.63) is 33.9 Å². The Morgan fingerprint density at radius 2 is 1.95 bits per heavy atom. The number of carbonyl (C=O) groups is 2. The summed E-state index contributed by atoms with van der Waals surface area (Å²) in [4.78, 5) is 33.5. The average Bonchev–Trinajstić information content (AvgIpc) is 2.34. The van der Waals surface area contributed by atoms with E-state index in [2.05, 4.69) is 10.6 Å². The van der Waals surface area contributed by atoms with E-state index in [0.717, 1.165) is 6.07 Å². The van der Waals surface area contributed by atoms with Crippen molar-refractivity contribution in [1.82, 2.24) is 10.6 Å². The first-order valence-electron chi connectivity index (χ1n) is 6.23. The second kappa shape index (κ2) is 6.21. The number of rotatable bonds is 4. The van der Waals surface area contributed by atoms with E-state index >= 15 is 0 Å². The molecule has 0 unspecified atom stereocenters. The van der Waals surface area contributed by atoms with Gasteiger partial charge < -0.3 is 16.4 Å². The van der Waals surface area contributed by atoms with Crippen LogP contribution in [0.25, 0.3) is 0 Å². The Kier molecular flexibility index (Phi) is 4.85. The molecule has 8 heteroatoms. The number of benzene rings is 1. The lowest BCUT2D eigenvalue weighted by atomic mass is 10.1. The first-order chi connectivity index (χ1) is 9.60. The minimum Gasteiger partial charge on any atom is -0.393 e. The van der Waals surface area contributed by atoms with Crippen LogP contribution < -0.4 is 16.4 Å². The lowest BCUT2D eigenvalue weighted by Gasteiger charge is -2.20. The van der Waals surface area contributed by atoms with Crippen LogP contribution >= 0.6 is 0 Å². The van der Waals surface area contributed by atoms with Gasteiger partial charge in [0.15, 0.2) is 0 Å². The third-order valence-corrected chi connectivity index (χ3v) is 2.41. The zero-order chi connectivity index (χ0) is 16.2. The lowest BCUT2D eigenvalue weighted by Crippen LogP contribution is -2.45. The van der Waals surface area contributed by atoms with Crippen LogP contribution in [-0.4, -0.2) is 28.8 Å². The molecule has 0 saturated carbocycles. The summed E-state index contributed by atoms with van der Waals surface area (Å²) < 4.78 is 0. The highest BCUT2D eigenvalue weighted by molar-refractivity contribution is 5.97. The molecule has 0 aliphatic heterocycles. The number of nitrogens with zero attached hydrogens (tertiary/aromatic N) is 1. The number of nitro groups is 1. The summed E-state index contributed by atoms with van der Waals surface area (Å²) in [7, 11) is 0. The summed E-state index contributed by atoms with van der Waals surface area (Å²) in [5.41, 5.74) is 4.74. The van der Waals surface area contributed by atoms with Crippen molar-refractivity contribution in [2.45, 2.75) is 26.3 Å². The number of amides is 2. The molecule has 4 N–H and O–H groups in total. The van der Waals surface area contributed by atoms with Gasteiger partial charge in [-0.25, -0.2) is 0 Å². The van der Waals surface area contributed by atoms with E-state index in [9.17, 15) is 19.7 Å². The third kappa shape index (κ3) is 5.09. The van der Waals surface area contributed by atoms with Crippen LogP contribution in [0.1, 0.15) is 31.1 Å². The predicted molar refractivity (Wildman–Crippen MR) is 77.7 cm³/mol. The molecule has 0 radical (unpaired) electrons. The SMILES string of the molecule is CC(C)(C)NC(=O)CNC(=O)c1ccc(N)c([N+](=O)[O-])c1. The van der Waals surface area contributed by atoms with Gasteiger partial charge in [-0.15, -0.1) is 0 Å². The molecule has 0 aliphatic carbocycles. The fourth-order valence-corrected chi connectivity index (χ4v) is 1.57. The summed E-state index contributed by atoms with van der Waals surface area (Å²) in [6.45, 7) is 5.23. The Hall–Kier alpha value is -2.64. The zero-order valence-corrected chi connectivity index (χ0v) is 12.1. The van der Waals surface area contributed by atoms with Crippen molar-refractivity contribution in [1.29, 1.82) is 0 Å². The number of nitrogens with one attached hydrogen (secondary N) is 2. The Bertz CT molecular complexity index is 578. The van der Waals surface area contributed by atoms with Gasteiger partial charge in [-0.3, -0.25) is 19.7 Å². The van der Waals surface area contributed by atoms with E-state index in [4.69, 9.17) is 5.73 Å². The van der Waals surface area contributed by atoms with Crippen molar-refractivity contribution in [2.75, 3.05) is 12.3 Å². The summed E-state index contributed by atoms with van der Waals surface area (Å²) in [5, 5.41) is 15.8. The number of nitrogens with two attached hydrogens (primary N) is 1.